The fourth-order valence-corrected chi connectivity index (χ4v) is 1.55. The predicted molar refractivity (Wildman–Crippen MR) is 37.9 cm³/mol. The van der Waals surface area contributed by atoms with Crippen molar-refractivity contribution in [3.63, 3.8) is 0 Å². The summed E-state index contributed by atoms with van der Waals surface area (Å²) in [6, 6.07) is 2.20. The summed E-state index contributed by atoms with van der Waals surface area (Å²) in [7, 11) is 0. The Morgan fingerprint density at radius 1 is 1.60 bits per heavy atom. The largest absolute Gasteiger partial charge is 0.388 e. The lowest BCUT2D eigenvalue weighted by Crippen LogP contribution is -2.04. The quantitative estimate of drug-likeness (QED) is 0.532. The van der Waals surface area contributed by atoms with Crippen molar-refractivity contribution < 1.29 is 0 Å². The third-order valence-corrected chi connectivity index (χ3v) is 2.08. The molecule has 1 heterocycles. The Bertz CT molecular complexity index is 255. The molecule has 1 unspecified atom stereocenters. The van der Waals surface area contributed by atoms with Gasteiger partial charge in [0.15, 0.2) is 0 Å². The molecule has 0 radical (unpaired) electrons. The van der Waals surface area contributed by atoms with Gasteiger partial charge in [0.2, 0.25) is 0 Å². The summed E-state index contributed by atoms with van der Waals surface area (Å²) in [6.45, 7) is 1.02. The van der Waals surface area contributed by atoms with E-state index in [0.29, 0.717) is 5.92 Å². The smallest absolute Gasteiger partial charge is 0.0954 e. The van der Waals surface area contributed by atoms with Crippen LogP contribution in [0.5, 0.6) is 0 Å². The van der Waals surface area contributed by atoms with Gasteiger partial charge in [0.05, 0.1) is 6.07 Å². The Hall–Kier alpha value is -1.23. The van der Waals surface area contributed by atoms with Crippen molar-refractivity contribution in [3.8, 4) is 6.07 Å². The van der Waals surface area contributed by atoms with Crippen LogP contribution in [0.3, 0.4) is 0 Å². The van der Waals surface area contributed by atoms with Crippen LogP contribution in [0.15, 0.2) is 23.4 Å². The van der Waals surface area contributed by atoms with Crippen LogP contribution in [0.4, 0.5) is 0 Å². The first-order valence-corrected chi connectivity index (χ1v) is 3.47. The van der Waals surface area contributed by atoms with Crippen LogP contribution >= 0.6 is 0 Å². The molecule has 1 fully saturated rings. The summed E-state index contributed by atoms with van der Waals surface area (Å²) >= 11 is 0. The van der Waals surface area contributed by atoms with E-state index < -0.39 is 0 Å². The van der Waals surface area contributed by atoms with Gasteiger partial charge in [0.25, 0.3) is 0 Å². The zero-order valence-electron chi connectivity index (χ0n) is 5.59. The molecule has 0 aromatic heterocycles. The maximum atomic E-state index is 8.63. The number of hydrogen-bond acceptors (Lipinski definition) is 2. The van der Waals surface area contributed by atoms with E-state index in [9.17, 15) is 0 Å². The van der Waals surface area contributed by atoms with Crippen LogP contribution in [-0.4, -0.2) is 6.54 Å². The van der Waals surface area contributed by atoms with Gasteiger partial charge in [0, 0.05) is 23.7 Å². The van der Waals surface area contributed by atoms with Gasteiger partial charge in [-0.2, -0.15) is 5.26 Å². The van der Waals surface area contributed by atoms with E-state index in [0.717, 1.165) is 18.5 Å². The second-order valence-corrected chi connectivity index (χ2v) is 2.62. The molecule has 1 aliphatic heterocycles. The Labute approximate surface area is 59.8 Å². The number of hydrogen-bond donors (Lipinski definition) is 1. The second kappa shape index (κ2) is 1.88. The van der Waals surface area contributed by atoms with Crippen molar-refractivity contribution in [1.82, 2.24) is 5.32 Å². The Morgan fingerprint density at radius 3 is 3.30 bits per heavy atom. The van der Waals surface area contributed by atoms with Gasteiger partial charge in [0.1, 0.15) is 0 Å². The molecular weight excluding hydrogens is 124 g/mol. The van der Waals surface area contributed by atoms with Gasteiger partial charge in [-0.05, 0) is 18.6 Å². The van der Waals surface area contributed by atoms with Crippen LogP contribution in [-0.2, 0) is 0 Å². The predicted octanol–water partition coefficient (Wildman–Crippen LogP) is 0.943. The van der Waals surface area contributed by atoms with Crippen molar-refractivity contribution in [2.45, 2.75) is 6.42 Å². The molecule has 0 spiro atoms. The van der Waals surface area contributed by atoms with Gasteiger partial charge in [-0.1, -0.05) is 0 Å². The van der Waals surface area contributed by atoms with E-state index in [1.165, 1.54) is 5.70 Å². The topological polar surface area (TPSA) is 35.8 Å². The molecule has 0 aromatic carbocycles. The summed E-state index contributed by atoms with van der Waals surface area (Å²) in [6.07, 6.45) is 5.01. The summed E-state index contributed by atoms with van der Waals surface area (Å²) in [5.41, 5.74) is 2.15. The number of fused-ring (bicyclic) bond motifs is 1. The van der Waals surface area contributed by atoms with Crippen LogP contribution in [0, 0.1) is 17.2 Å². The molecule has 1 saturated heterocycles. The molecule has 1 aliphatic carbocycles. The third-order valence-electron chi connectivity index (χ3n) is 2.08. The molecule has 2 nitrogen and oxygen atoms in total. The summed E-state index contributed by atoms with van der Waals surface area (Å²) in [5, 5.41) is 11.9. The van der Waals surface area contributed by atoms with Gasteiger partial charge in [-0.3, -0.25) is 0 Å². The lowest BCUT2D eigenvalue weighted by Gasteiger charge is -2.01. The van der Waals surface area contributed by atoms with E-state index in [2.05, 4.69) is 11.4 Å². The molecule has 2 heteroatoms. The lowest BCUT2D eigenvalue weighted by atomic mass is 10.0. The van der Waals surface area contributed by atoms with Gasteiger partial charge in [-0.25, -0.2) is 0 Å². The minimum Gasteiger partial charge on any atom is -0.388 e. The first-order valence-electron chi connectivity index (χ1n) is 3.47. The molecule has 0 aromatic rings. The van der Waals surface area contributed by atoms with Crippen LogP contribution in [0.25, 0.3) is 0 Å². The molecule has 1 atom stereocenters. The van der Waals surface area contributed by atoms with Crippen molar-refractivity contribution in [2.24, 2.45) is 5.92 Å². The Balaban J connectivity index is 2.29. The molecule has 0 bridgehead atoms. The van der Waals surface area contributed by atoms with Gasteiger partial charge in [-0.15, -0.1) is 0 Å². The van der Waals surface area contributed by atoms with E-state index >= 15 is 0 Å². The zero-order chi connectivity index (χ0) is 6.97. The second-order valence-electron chi connectivity index (χ2n) is 2.62. The molecule has 50 valence electrons. The first kappa shape index (κ1) is 5.55. The molecule has 10 heavy (non-hydrogen) atoms. The summed E-state index contributed by atoms with van der Waals surface area (Å²) < 4.78 is 0. The number of nitrogens with zero attached hydrogens (tertiary/aromatic N) is 1. The monoisotopic (exact) mass is 132 g/mol. The van der Waals surface area contributed by atoms with Crippen molar-refractivity contribution >= 4 is 0 Å². The fraction of sp³-hybridized carbons (Fsp3) is 0.375. The molecule has 1 N–H and O–H groups in total. The van der Waals surface area contributed by atoms with Crippen LogP contribution in [0.2, 0.25) is 0 Å². The van der Waals surface area contributed by atoms with Gasteiger partial charge < -0.3 is 5.32 Å². The minimum absolute atomic E-state index is 0.407. The van der Waals surface area contributed by atoms with E-state index in [1.54, 1.807) is 0 Å². The molecule has 0 saturated carbocycles. The van der Waals surface area contributed by atoms with E-state index in [1.807, 2.05) is 12.2 Å². The normalized spacial score (nSPS) is 28.1. The molecular formula is C8H8N2. The van der Waals surface area contributed by atoms with Crippen molar-refractivity contribution in [2.75, 3.05) is 6.54 Å². The average molecular weight is 132 g/mol. The highest BCUT2D eigenvalue weighted by Gasteiger charge is 2.26. The third kappa shape index (κ3) is 0.577. The highest BCUT2D eigenvalue weighted by molar-refractivity contribution is 5.43. The highest BCUT2D eigenvalue weighted by Crippen LogP contribution is 2.31. The fourth-order valence-electron chi connectivity index (χ4n) is 1.55. The highest BCUT2D eigenvalue weighted by atomic mass is 14.9. The summed E-state index contributed by atoms with van der Waals surface area (Å²) in [5.74, 6) is 0.407. The zero-order valence-corrected chi connectivity index (χ0v) is 5.59. The number of nitrogens with one attached hydrogen (secondary N) is 1. The lowest BCUT2D eigenvalue weighted by molar-refractivity contribution is 0.779. The Morgan fingerprint density at radius 2 is 2.50 bits per heavy atom. The van der Waals surface area contributed by atoms with E-state index in [-0.39, 0.29) is 0 Å². The maximum Gasteiger partial charge on any atom is 0.0954 e. The maximum absolute atomic E-state index is 8.63. The summed E-state index contributed by atoms with van der Waals surface area (Å²) in [4.78, 5) is 0. The molecule has 2 aliphatic rings. The van der Waals surface area contributed by atoms with Crippen molar-refractivity contribution in [3.05, 3.63) is 23.4 Å². The van der Waals surface area contributed by atoms with Crippen LogP contribution in [0.1, 0.15) is 6.42 Å². The molecule has 0 amide bonds. The van der Waals surface area contributed by atoms with E-state index in [4.69, 9.17) is 5.26 Å². The van der Waals surface area contributed by atoms with Crippen molar-refractivity contribution in [1.29, 1.82) is 5.26 Å². The number of rotatable bonds is 0. The molecule has 2 rings (SSSR count). The Kier molecular flexibility index (Phi) is 1.04. The minimum atomic E-state index is 0.407. The van der Waals surface area contributed by atoms with Gasteiger partial charge >= 0.3 is 0 Å². The number of allylic oxidation sites excluding steroid dienone is 3. The first-order chi connectivity index (χ1) is 4.92. The SMILES string of the molecule is N#CC1=CC=C2NCCC12. The standard InChI is InChI=1S/C8H8N2/c9-5-6-1-2-8-7(6)3-4-10-8/h1-2,7,10H,3-4H2. The number of nitriles is 1. The van der Waals surface area contributed by atoms with Crippen LogP contribution < -0.4 is 5.32 Å². The average Bonchev–Trinajstić information content (AvgIpc) is 2.44.